The Hall–Kier alpha value is -1.95. The van der Waals surface area contributed by atoms with Crippen LogP contribution in [-0.4, -0.2) is 149 Å². The summed E-state index contributed by atoms with van der Waals surface area (Å²) in [6.45, 7) is 10.1. The van der Waals surface area contributed by atoms with Gasteiger partial charge in [-0.15, -0.1) is 0 Å². The first-order valence-electron chi connectivity index (χ1n) is 20.2. The van der Waals surface area contributed by atoms with E-state index in [1.165, 1.54) is 0 Å². The number of aliphatic hydroxyl groups is 3. The van der Waals surface area contributed by atoms with Gasteiger partial charge in [0.2, 0.25) is 0 Å². The summed E-state index contributed by atoms with van der Waals surface area (Å²) in [5.41, 5.74) is -0.483. The van der Waals surface area contributed by atoms with Crippen LogP contribution in [0.5, 0.6) is 0 Å². The van der Waals surface area contributed by atoms with Gasteiger partial charge < -0.3 is 58.0 Å². The summed E-state index contributed by atoms with van der Waals surface area (Å²) in [4.78, 5) is 37.4. The van der Waals surface area contributed by atoms with E-state index < -0.39 is 5.41 Å². The zero-order chi connectivity index (χ0) is 39.3. The molecule has 3 saturated heterocycles. The zero-order valence-corrected chi connectivity index (χ0v) is 33.0. The van der Waals surface area contributed by atoms with E-state index >= 15 is 0 Å². The Morgan fingerprint density at radius 3 is 1.00 bits per heavy atom. The first-order valence-corrected chi connectivity index (χ1v) is 20.2. The highest BCUT2D eigenvalue weighted by atomic mass is 16.6. The minimum absolute atomic E-state index is 0.0948. The van der Waals surface area contributed by atoms with E-state index in [-0.39, 0.29) is 113 Å². The number of rotatable bonds is 19. The number of hydrogen-bond acceptors (Lipinski definition) is 15. The van der Waals surface area contributed by atoms with Crippen LogP contribution < -0.4 is 0 Å². The Bertz CT molecular complexity index is 948. The monoisotopic (exact) mass is 776 g/mol. The molecule has 0 bridgehead atoms. The van der Waals surface area contributed by atoms with Crippen LogP contribution >= 0.6 is 0 Å². The summed E-state index contributed by atoms with van der Waals surface area (Å²) >= 11 is 0. The fraction of sp³-hybridized carbons (Fsp3) is 0.923. The van der Waals surface area contributed by atoms with Crippen LogP contribution in [0.15, 0.2) is 0 Å². The predicted molar refractivity (Wildman–Crippen MR) is 194 cm³/mol. The third kappa shape index (κ3) is 16.6. The molecule has 0 aromatic heterocycles. The van der Waals surface area contributed by atoms with Crippen molar-refractivity contribution in [2.45, 2.75) is 129 Å². The normalized spacial score (nSPS) is 30.6. The second-order valence-corrected chi connectivity index (χ2v) is 14.6. The molecule has 54 heavy (non-hydrogen) atoms. The second kappa shape index (κ2) is 25.3. The van der Waals surface area contributed by atoms with Crippen LogP contribution in [0.2, 0.25) is 0 Å². The van der Waals surface area contributed by atoms with E-state index in [0.717, 1.165) is 57.8 Å². The van der Waals surface area contributed by atoms with Crippen LogP contribution in [0.1, 0.15) is 91.9 Å². The maximum atomic E-state index is 12.5. The van der Waals surface area contributed by atoms with Crippen molar-refractivity contribution in [3.63, 3.8) is 0 Å². The summed E-state index contributed by atoms with van der Waals surface area (Å²) < 4.78 is 51.0. The van der Waals surface area contributed by atoms with E-state index in [0.29, 0.717) is 44.6 Å². The maximum Gasteiger partial charge on any atom is 0.309 e. The highest BCUT2D eigenvalue weighted by molar-refractivity contribution is 5.73. The molecule has 15 heteroatoms. The van der Waals surface area contributed by atoms with Gasteiger partial charge in [0.15, 0.2) is 0 Å². The highest BCUT2D eigenvalue weighted by Gasteiger charge is 2.48. The molecule has 15 nitrogen and oxygen atoms in total. The smallest absolute Gasteiger partial charge is 0.309 e. The average molecular weight is 777 g/mol. The molecule has 6 rings (SSSR count). The number of epoxide rings is 3. The first kappa shape index (κ1) is 46.4. The Kier molecular flexibility index (Phi) is 21.8. The van der Waals surface area contributed by atoms with Gasteiger partial charge in [-0.1, -0.05) is 6.92 Å². The van der Waals surface area contributed by atoms with Crippen molar-refractivity contribution >= 4 is 17.9 Å². The van der Waals surface area contributed by atoms with Gasteiger partial charge in [-0.3, -0.25) is 14.4 Å². The minimum Gasteiger partial charge on any atom is -0.463 e. The van der Waals surface area contributed by atoms with Gasteiger partial charge in [-0.2, -0.15) is 0 Å². The van der Waals surface area contributed by atoms with Crippen LogP contribution in [0, 0.1) is 23.2 Å². The van der Waals surface area contributed by atoms with Gasteiger partial charge in [0.05, 0.1) is 94.0 Å². The van der Waals surface area contributed by atoms with Crippen LogP contribution in [0.3, 0.4) is 0 Å². The molecule has 3 heterocycles. The zero-order valence-electron chi connectivity index (χ0n) is 33.0. The van der Waals surface area contributed by atoms with Crippen molar-refractivity contribution in [2.24, 2.45) is 23.2 Å². The standard InChI is InChI=1S/C33H50O12.3C2H6O/c1-2-33(18-37-9-12-40-30(34)21-3-6-24-27(15-21)43-24,19-38-10-13-41-31(35)22-4-7-25-28(16-22)44-25)20-39-11-14-42-32(36)23-5-8-26-29(17-23)45-26;3*1-2-3/h21-29H,2-20H2,1H3;3*3H,2H2,1H3. The van der Waals surface area contributed by atoms with Crippen molar-refractivity contribution < 1.29 is 72.3 Å². The molecule has 3 aliphatic heterocycles. The number of carbonyl (C=O) groups excluding carboxylic acids is 3. The molecule has 0 aromatic carbocycles. The maximum absolute atomic E-state index is 12.5. The SMILES string of the molecule is CCC(COCCOC(=O)C1CCC2OC2C1)(COCCOC(=O)C1CCC2OC2C1)COCCOC(=O)C1CCC2OC2C1.CCO.CCO.CCO. The number of hydrogen-bond donors (Lipinski definition) is 3. The number of carbonyl (C=O) groups is 3. The number of ether oxygens (including phenoxy) is 9. The number of fused-ring (bicyclic) bond motifs is 3. The average Bonchev–Trinajstić information content (AvgIpc) is 4.06. The summed E-state index contributed by atoms with van der Waals surface area (Å²) in [6, 6.07) is 0. The van der Waals surface area contributed by atoms with Gasteiger partial charge in [0.25, 0.3) is 0 Å². The molecule has 9 atom stereocenters. The highest BCUT2D eigenvalue weighted by Crippen LogP contribution is 2.41. The van der Waals surface area contributed by atoms with Crippen molar-refractivity contribution in [1.82, 2.24) is 0 Å². The molecule has 0 aromatic rings. The Morgan fingerprint density at radius 1 is 0.481 bits per heavy atom. The molecule has 3 saturated carbocycles. The van der Waals surface area contributed by atoms with Crippen molar-refractivity contribution in [3.05, 3.63) is 0 Å². The van der Waals surface area contributed by atoms with E-state index in [4.69, 9.17) is 58.0 Å². The lowest BCUT2D eigenvalue weighted by atomic mass is 9.88. The van der Waals surface area contributed by atoms with Gasteiger partial charge in [-0.05, 0) is 85.0 Å². The minimum atomic E-state index is -0.483. The first-order chi connectivity index (χ1) is 26.2. The van der Waals surface area contributed by atoms with Gasteiger partial charge in [0.1, 0.15) is 19.8 Å². The quantitative estimate of drug-likeness (QED) is 0.0747. The lowest BCUT2D eigenvalue weighted by Gasteiger charge is -2.32. The second-order valence-electron chi connectivity index (χ2n) is 14.6. The molecule has 6 fully saturated rings. The summed E-state index contributed by atoms with van der Waals surface area (Å²) in [6.07, 6.45) is 9.85. The van der Waals surface area contributed by atoms with Gasteiger partial charge in [0, 0.05) is 25.2 Å². The fourth-order valence-corrected chi connectivity index (χ4v) is 7.11. The van der Waals surface area contributed by atoms with Crippen LogP contribution in [-0.2, 0) is 57.0 Å². The van der Waals surface area contributed by atoms with Gasteiger partial charge >= 0.3 is 17.9 Å². The number of esters is 3. The molecule has 6 aliphatic rings. The summed E-state index contributed by atoms with van der Waals surface area (Å²) in [5, 5.41) is 22.7. The fourth-order valence-electron chi connectivity index (χ4n) is 7.11. The lowest BCUT2D eigenvalue weighted by Crippen LogP contribution is -2.38. The molecule has 9 unspecified atom stereocenters. The molecule has 314 valence electrons. The van der Waals surface area contributed by atoms with Crippen LogP contribution in [0.4, 0.5) is 0 Å². The topological polar surface area (TPSA) is 205 Å². The number of aliphatic hydroxyl groups excluding tert-OH is 3. The summed E-state index contributed by atoms with van der Waals surface area (Å²) in [7, 11) is 0. The van der Waals surface area contributed by atoms with Crippen molar-refractivity contribution in [3.8, 4) is 0 Å². The van der Waals surface area contributed by atoms with Crippen LogP contribution in [0.25, 0.3) is 0 Å². The van der Waals surface area contributed by atoms with E-state index in [1.54, 1.807) is 20.8 Å². The molecule has 3 aliphatic carbocycles. The Balaban J connectivity index is 0.000000794. The largest absolute Gasteiger partial charge is 0.463 e. The summed E-state index contributed by atoms with van der Waals surface area (Å²) in [5.74, 6) is -0.825. The predicted octanol–water partition coefficient (Wildman–Crippen LogP) is 2.76. The molecule has 3 N–H and O–H groups in total. The molecule has 0 spiro atoms. The molecule has 0 radical (unpaired) electrons. The molecular weight excluding hydrogens is 708 g/mol. The van der Waals surface area contributed by atoms with Crippen molar-refractivity contribution in [2.75, 3.05) is 79.3 Å². The lowest BCUT2D eigenvalue weighted by molar-refractivity contribution is -0.153. The van der Waals surface area contributed by atoms with E-state index in [1.807, 2.05) is 6.92 Å². The van der Waals surface area contributed by atoms with Gasteiger partial charge in [-0.25, -0.2) is 0 Å². The van der Waals surface area contributed by atoms with E-state index in [9.17, 15) is 14.4 Å². The third-order valence-electron chi connectivity index (χ3n) is 10.4. The van der Waals surface area contributed by atoms with E-state index in [2.05, 4.69) is 0 Å². The molecular formula is C39H68O15. The van der Waals surface area contributed by atoms with Crippen molar-refractivity contribution in [1.29, 1.82) is 0 Å². The third-order valence-corrected chi connectivity index (χ3v) is 10.4. The Morgan fingerprint density at radius 2 is 0.759 bits per heavy atom. The Labute approximate surface area is 320 Å². The molecule has 0 amide bonds.